The summed E-state index contributed by atoms with van der Waals surface area (Å²) in [6.07, 6.45) is 0.373. The topological polar surface area (TPSA) is 84.4 Å². The second-order valence-corrected chi connectivity index (χ2v) is 7.40. The van der Waals surface area contributed by atoms with Crippen molar-refractivity contribution in [3.8, 4) is 34.3 Å². The van der Waals surface area contributed by atoms with Crippen molar-refractivity contribution >= 4 is 5.97 Å². The van der Waals surface area contributed by atoms with Crippen molar-refractivity contribution in [1.82, 2.24) is 9.97 Å². The quantitative estimate of drug-likeness (QED) is 0.261. The van der Waals surface area contributed by atoms with E-state index in [1.807, 2.05) is 91.0 Å². The molecule has 4 aromatic rings. The summed E-state index contributed by atoms with van der Waals surface area (Å²) in [4.78, 5) is 19.9. The molecule has 0 saturated carbocycles. The number of hydrogen-bond donors (Lipinski definition) is 0. The zero-order valence-electron chi connectivity index (χ0n) is 19.0. The van der Waals surface area contributed by atoms with Crippen molar-refractivity contribution in [2.45, 2.75) is 19.4 Å². The van der Waals surface area contributed by atoms with Crippen molar-refractivity contribution in [2.24, 2.45) is 0 Å². The molecule has 0 spiro atoms. The largest absolute Gasteiger partial charge is 1.00 e. The van der Waals surface area contributed by atoms with Gasteiger partial charge in [0.15, 0.2) is 5.82 Å². The van der Waals surface area contributed by atoms with Crippen LogP contribution in [0.25, 0.3) is 22.6 Å². The van der Waals surface area contributed by atoms with E-state index in [9.17, 15) is 9.90 Å². The zero-order valence-corrected chi connectivity index (χ0v) is 21.0. The van der Waals surface area contributed by atoms with Crippen LogP contribution in [0, 0.1) is 0 Å². The van der Waals surface area contributed by atoms with Gasteiger partial charge in [-0.1, -0.05) is 60.7 Å². The van der Waals surface area contributed by atoms with Crippen molar-refractivity contribution in [3.05, 3.63) is 96.6 Å². The average molecular weight is 462 g/mol. The fourth-order valence-corrected chi connectivity index (χ4v) is 3.22. The third-order valence-corrected chi connectivity index (χ3v) is 4.91. The van der Waals surface area contributed by atoms with Gasteiger partial charge in [-0.15, -0.1) is 0 Å². The number of hydrogen-bond acceptors (Lipinski definition) is 6. The summed E-state index contributed by atoms with van der Waals surface area (Å²) < 4.78 is 11.6. The van der Waals surface area contributed by atoms with Gasteiger partial charge in [0.05, 0.1) is 12.3 Å². The van der Waals surface area contributed by atoms with Gasteiger partial charge in [-0.2, -0.15) is 4.98 Å². The second-order valence-electron chi connectivity index (χ2n) is 7.40. The van der Waals surface area contributed by atoms with Crippen LogP contribution in [0.15, 0.2) is 91.0 Å². The van der Waals surface area contributed by atoms with E-state index in [0.717, 1.165) is 22.4 Å². The number of benzene rings is 3. The van der Waals surface area contributed by atoms with Gasteiger partial charge >= 0.3 is 29.6 Å². The Bertz CT molecular complexity index is 1190. The van der Waals surface area contributed by atoms with E-state index in [2.05, 4.69) is 4.98 Å². The van der Waals surface area contributed by atoms with E-state index in [1.54, 1.807) is 0 Å². The smallest absolute Gasteiger partial charge is 0.550 e. The summed E-state index contributed by atoms with van der Waals surface area (Å²) in [7, 11) is 0. The van der Waals surface area contributed by atoms with Crippen LogP contribution in [0.2, 0.25) is 0 Å². The minimum absolute atomic E-state index is 0. The first-order chi connectivity index (χ1) is 16.2. The maximum atomic E-state index is 10.5. The van der Waals surface area contributed by atoms with E-state index in [0.29, 0.717) is 37.1 Å². The predicted molar refractivity (Wildman–Crippen MR) is 123 cm³/mol. The molecular formula is C27H23N2NaO4. The Morgan fingerprint density at radius 1 is 0.794 bits per heavy atom. The van der Waals surface area contributed by atoms with Gasteiger partial charge in [0.1, 0.15) is 12.4 Å². The number of ether oxygens (including phenoxy) is 2. The Morgan fingerprint density at radius 2 is 1.47 bits per heavy atom. The number of carbonyl (C=O) groups is 1. The Labute approximate surface area is 220 Å². The van der Waals surface area contributed by atoms with Crippen LogP contribution in [0.1, 0.15) is 18.4 Å². The predicted octanol–water partition coefficient (Wildman–Crippen LogP) is 1.30. The summed E-state index contributed by atoms with van der Waals surface area (Å²) in [5.74, 6) is 0.611. The van der Waals surface area contributed by atoms with Gasteiger partial charge < -0.3 is 19.4 Å². The second kappa shape index (κ2) is 12.9. The number of nitrogens with zero attached hydrogens (tertiary/aromatic N) is 2. The number of rotatable bonds is 10. The van der Waals surface area contributed by atoms with Gasteiger partial charge in [-0.25, -0.2) is 4.98 Å². The van der Waals surface area contributed by atoms with Gasteiger partial charge in [-0.3, -0.25) is 0 Å². The van der Waals surface area contributed by atoms with E-state index in [4.69, 9.17) is 14.5 Å². The van der Waals surface area contributed by atoms with Gasteiger partial charge in [0.2, 0.25) is 5.88 Å². The molecule has 0 N–H and O–H groups in total. The molecule has 166 valence electrons. The third-order valence-electron chi connectivity index (χ3n) is 4.91. The first-order valence-electron chi connectivity index (χ1n) is 10.7. The maximum Gasteiger partial charge on any atom is 1.00 e. The zero-order chi connectivity index (χ0) is 22.9. The minimum atomic E-state index is -1.07. The van der Waals surface area contributed by atoms with Crippen LogP contribution in [0.4, 0.5) is 0 Å². The van der Waals surface area contributed by atoms with E-state index in [-0.39, 0.29) is 36.0 Å². The molecule has 0 unspecified atom stereocenters. The fourth-order valence-electron chi connectivity index (χ4n) is 3.22. The minimum Gasteiger partial charge on any atom is -0.550 e. The molecule has 0 aliphatic rings. The van der Waals surface area contributed by atoms with Crippen LogP contribution in [-0.2, 0) is 11.4 Å². The van der Waals surface area contributed by atoms with Crippen molar-refractivity contribution < 1.29 is 48.9 Å². The first-order valence-corrected chi connectivity index (χ1v) is 10.7. The molecule has 0 fully saturated rings. The Balaban J connectivity index is 0.00000324. The molecule has 0 atom stereocenters. The van der Waals surface area contributed by atoms with Crippen LogP contribution < -0.4 is 44.1 Å². The summed E-state index contributed by atoms with van der Waals surface area (Å²) in [6.45, 7) is 0.717. The van der Waals surface area contributed by atoms with E-state index in [1.165, 1.54) is 0 Å². The molecular weight excluding hydrogens is 439 g/mol. The van der Waals surface area contributed by atoms with Crippen molar-refractivity contribution in [1.29, 1.82) is 0 Å². The molecule has 4 rings (SSSR count). The van der Waals surface area contributed by atoms with Crippen LogP contribution in [0.5, 0.6) is 11.6 Å². The molecule has 1 heterocycles. The number of carbonyl (C=O) groups excluding carboxylic acids is 1. The monoisotopic (exact) mass is 462 g/mol. The molecule has 0 aliphatic heterocycles. The van der Waals surface area contributed by atoms with Gasteiger partial charge in [-0.05, 0) is 42.7 Å². The van der Waals surface area contributed by atoms with Gasteiger partial charge in [0.25, 0.3) is 0 Å². The maximum absolute atomic E-state index is 10.5. The summed E-state index contributed by atoms with van der Waals surface area (Å²) in [5, 5.41) is 10.5. The molecule has 0 amide bonds. The standard InChI is InChI=1S/C27H24N2O4.Na/c30-26(31)12-7-17-32-23-15-13-22(14-16-23)27-28-24(21-10-5-2-6-11-21)18-25(29-27)33-19-20-8-3-1-4-9-20;/h1-6,8-11,13-16,18H,7,12,17,19H2,(H,30,31);/q;+1/p-1. The molecule has 3 aromatic carbocycles. The molecule has 7 heteroatoms. The van der Waals surface area contributed by atoms with Crippen LogP contribution in [0.3, 0.4) is 0 Å². The van der Waals surface area contributed by atoms with Crippen molar-refractivity contribution in [2.75, 3.05) is 6.61 Å². The number of carboxylic acids is 1. The third kappa shape index (κ3) is 7.42. The molecule has 34 heavy (non-hydrogen) atoms. The molecule has 0 aliphatic carbocycles. The Hall–Kier alpha value is -3.19. The van der Waals surface area contributed by atoms with Crippen molar-refractivity contribution in [3.63, 3.8) is 0 Å². The Morgan fingerprint density at radius 3 is 2.15 bits per heavy atom. The Kier molecular flexibility index (Phi) is 9.64. The number of aromatic nitrogens is 2. The normalized spacial score (nSPS) is 10.2. The summed E-state index contributed by atoms with van der Waals surface area (Å²) in [6, 6.07) is 29.0. The van der Waals surface area contributed by atoms with E-state index < -0.39 is 5.97 Å². The fraction of sp³-hybridized carbons (Fsp3) is 0.148. The molecule has 6 nitrogen and oxygen atoms in total. The van der Waals surface area contributed by atoms with Crippen LogP contribution in [-0.4, -0.2) is 22.5 Å². The molecule has 0 saturated heterocycles. The number of aliphatic carboxylic acids is 1. The molecule has 0 radical (unpaired) electrons. The number of carboxylic acid groups (broad SMARTS) is 1. The molecule has 1 aromatic heterocycles. The first kappa shape index (κ1) is 25.4. The summed E-state index contributed by atoms with van der Waals surface area (Å²) >= 11 is 0. The van der Waals surface area contributed by atoms with Crippen LogP contribution >= 0.6 is 0 Å². The molecule has 0 bridgehead atoms. The summed E-state index contributed by atoms with van der Waals surface area (Å²) in [5.41, 5.74) is 3.61. The van der Waals surface area contributed by atoms with Gasteiger partial charge in [0, 0.05) is 23.2 Å². The van der Waals surface area contributed by atoms with E-state index >= 15 is 0 Å². The average Bonchev–Trinajstić information content (AvgIpc) is 2.87. The SMILES string of the molecule is O=C([O-])CCCOc1ccc(-c2nc(OCc3ccccc3)cc(-c3ccccc3)n2)cc1.[Na+].